The Kier molecular flexibility index (Phi) is 4.25. The highest BCUT2D eigenvalue weighted by Gasteiger charge is 2.41. The average Bonchev–Trinajstić information content (AvgIpc) is 2.39. The number of piperidine rings is 1. The summed E-state index contributed by atoms with van der Waals surface area (Å²) in [7, 11) is 1.76. The van der Waals surface area contributed by atoms with Crippen molar-refractivity contribution in [3.05, 3.63) is 0 Å². The molecule has 1 saturated heterocycles. The number of carboxylic acids is 1. The van der Waals surface area contributed by atoms with Gasteiger partial charge in [-0.25, -0.2) is 0 Å². The summed E-state index contributed by atoms with van der Waals surface area (Å²) in [6.45, 7) is 2.00. The van der Waals surface area contributed by atoms with Crippen molar-refractivity contribution < 1.29 is 14.6 Å². The lowest BCUT2D eigenvalue weighted by Gasteiger charge is -2.43. The maximum absolute atomic E-state index is 11.2. The number of methoxy groups -OCH3 is 1. The van der Waals surface area contributed by atoms with E-state index >= 15 is 0 Å². The Bertz CT molecular complexity index is 303. The summed E-state index contributed by atoms with van der Waals surface area (Å²) < 4.78 is 5.36. The van der Waals surface area contributed by atoms with Gasteiger partial charge in [0.2, 0.25) is 0 Å². The van der Waals surface area contributed by atoms with Crippen LogP contribution in [0.2, 0.25) is 0 Å². The van der Waals surface area contributed by atoms with Crippen molar-refractivity contribution in [1.82, 2.24) is 4.90 Å². The van der Waals surface area contributed by atoms with Crippen molar-refractivity contribution in [3.8, 4) is 0 Å². The van der Waals surface area contributed by atoms with E-state index in [1.54, 1.807) is 7.11 Å². The summed E-state index contributed by atoms with van der Waals surface area (Å²) in [5.74, 6) is -0.848. The van der Waals surface area contributed by atoms with Gasteiger partial charge in [0.1, 0.15) is 5.54 Å². The maximum Gasteiger partial charge on any atom is 0.323 e. The normalized spacial score (nSPS) is 35.6. The van der Waals surface area contributed by atoms with Gasteiger partial charge in [-0.15, -0.1) is 0 Å². The highest BCUT2D eigenvalue weighted by atomic mass is 16.5. The molecule has 5 heteroatoms. The predicted octanol–water partition coefficient (Wildman–Crippen LogP) is 0.822. The Hall–Kier alpha value is -0.650. The molecule has 0 bridgehead atoms. The van der Waals surface area contributed by atoms with Gasteiger partial charge in [0.15, 0.2) is 0 Å². The van der Waals surface area contributed by atoms with Crippen LogP contribution in [0, 0.1) is 0 Å². The number of nitrogens with zero attached hydrogens (tertiary/aromatic N) is 1. The molecule has 0 aromatic rings. The Balaban J connectivity index is 1.92. The molecule has 0 amide bonds. The first-order chi connectivity index (χ1) is 8.55. The van der Waals surface area contributed by atoms with Gasteiger partial charge >= 0.3 is 5.97 Å². The van der Waals surface area contributed by atoms with Crippen LogP contribution in [0.5, 0.6) is 0 Å². The molecule has 1 saturated carbocycles. The molecule has 2 fully saturated rings. The summed E-state index contributed by atoms with van der Waals surface area (Å²) in [6.07, 6.45) is 5.62. The monoisotopic (exact) mass is 256 g/mol. The molecule has 5 nitrogen and oxygen atoms in total. The predicted molar refractivity (Wildman–Crippen MR) is 68.4 cm³/mol. The minimum absolute atomic E-state index is 0.331. The van der Waals surface area contributed by atoms with E-state index in [0.717, 1.165) is 38.8 Å². The largest absolute Gasteiger partial charge is 0.480 e. The van der Waals surface area contributed by atoms with Crippen LogP contribution in [0.1, 0.15) is 38.5 Å². The lowest BCUT2D eigenvalue weighted by Crippen LogP contribution is -2.56. The fourth-order valence-electron chi connectivity index (χ4n) is 3.26. The van der Waals surface area contributed by atoms with E-state index in [4.69, 9.17) is 10.5 Å². The van der Waals surface area contributed by atoms with E-state index < -0.39 is 11.5 Å². The average molecular weight is 256 g/mol. The fourth-order valence-corrected chi connectivity index (χ4v) is 3.26. The molecule has 0 spiro atoms. The maximum atomic E-state index is 11.2. The third-order valence-corrected chi connectivity index (χ3v) is 4.51. The summed E-state index contributed by atoms with van der Waals surface area (Å²) in [5.41, 5.74) is 4.99. The van der Waals surface area contributed by atoms with Gasteiger partial charge in [-0.2, -0.15) is 0 Å². The zero-order valence-electron chi connectivity index (χ0n) is 11.1. The molecule has 2 rings (SSSR count). The summed E-state index contributed by atoms with van der Waals surface area (Å²) >= 11 is 0. The molecule has 3 N–H and O–H groups in total. The van der Waals surface area contributed by atoms with Crippen LogP contribution >= 0.6 is 0 Å². The Morgan fingerprint density at radius 3 is 2.61 bits per heavy atom. The number of hydrogen-bond acceptors (Lipinski definition) is 4. The number of ether oxygens (including phenoxy) is 1. The number of carboxylic acid groups (broad SMARTS) is 1. The van der Waals surface area contributed by atoms with Crippen LogP contribution < -0.4 is 5.73 Å². The number of aliphatic carboxylic acids is 1. The van der Waals surface area contributed by atoms with Gasteiger partial charge in [0.25, 0.3) is 0 Å². The second-order valence-corrected chi connectivity index (χ2v) is 5.68. The molecule has 0 radical (unpaired) electrons. The molecule has 2 unspecified atom stereocenters. The second kappa shape index (κ2) is 5.55. The summed E-state index contributed by atoms with van der Waals surface area (Å²) in [5, 5.41) is 9.23. The van der Waals surface area contributed by atoms with E-state index in [1.165, 1.54) is 0 Å². The molecular weight excluding hydrogens is 232 g/mol. The quantitative estimate of drug-likeness (QED) is 0.782. The van der Waals surface area contributed by atoms with Gasteiger partial charge in [-0.05, 0) is 38.5 Å². The highest BCUT2D eigenvalue weighted by Crippen LogP contribution is 2.31. The topological polar surface area (TPSA) is 75.8 Å². The molecular formula is C13H24N2O3. The standard InChI is InChI=1S/C13H24N2O3/c1-18-11-4-7-15(8-5-11)10-3-2-6-13(14,9-10)12(16)17/h10-11H,2-9,14H2,1H3,(H,16,17). The Labute approximate surface area is 108 Å². The number of nitrogens with two attached hydrogens (primary N) is 1. The molecule has 2 aliphatic rings. The lowest BCUT2D eigenvalue weighted by molar-refractivity contribution is -0.145. The Morgan fingerprint density at radius 1 is 1.39 bits per heavy atom. The molecule has 2 atom stereocenters. The van der Waals surface area contributed by atoms with Crippen LogP contribution in [-0.2, 0) is 9.53 Å². The molecule has 18 heavy (non-hydrogen) atoms. The molecule has 0 aromatic carbocycles. The summed E-state index contributed by atoms with van der Waals surface area (Å²) in [6, 6.07) is 0.331. The number of rotatable bonds is 3. The third-order valence-electron chi connectivity index (χ3n) is 4.51. The first-order valence-corrected chi connectivity index (χ1v) is 6.84. The zero-order valence-corrected chi connectivity index (χ0v) is 11.1. The first-order valence-electron chi connectivity index (χ1n) is 6.84. The minimum Gasteiger partial charge on any atom is -0.480 e. The van der Waals surface area contributed by atoms with Crippen molar-refractivity contribution >= 4 is 5.97 Å². The Morgan fingerprint density at radius 2 is 2.06 bits per heavy atom. The molecule has 1 aliphatic heterocycles. The third kappa shape index (κ3) is 2.84. The number of carbonyl (C=O) groups is 1. The van der Waals surface area contributed by atoms with Crippen molar-refractivity contribution in [2.45, 2.75) is 56.2 Å². The molecule has 0 aromatic heterocycles. The van der Waals surface area contributed by atoms with Crippen molar-refractivity contribution in [2.75, 3.05) is 20.2 Å². The van der Waals surface area contributed by atoms with Crippen LogP contribution in [-0.4, -0.2) is 53.9 Å². The summed E-state index contributed by atoms with van der Waals surface area (Å²) in [4.78, 5) is 13.6. The van der Waals surface area contributed by atoms with Crippen LogP contribution in [0.15, 0.2) is 0 Å². The van der Waals surface area contributed by atoms with Gasteiger partial charge in [0, 0.05) is 26.2 Å². The first kappa shape index (κ1) is 13.8. The molecule has 104 valence electrons. The SMILES string of the molecule is COC1CCN(C2CCCC(N)(C(=O)O)C2)CC1. The van der Waals surface area contributed by atoms with E-state index in [2.05, 4.69) is 4.90 Å². The number of hydrogen-bond donors (Lipinski definition) is 2. The van der Waals surface area contributed by atoms with Gasteiger partial charge in [-0.3, -0.25) is 4.79 Å². The highest BCUT2D eigenvalue weighted by molar-refractivity contribution is 5.78. The minimum atomic E-state index is -1.01. The van der Waals surface area contributed by atoms with Gasteiger partial charge in [-0.1, -0.05) is 0 Å². The van der Waals surface area contributed by atoms with Crippen molar-refractivity contribution in [2.24, 2.45) is 5.73 Å². The van der Waals surface area contributed by atoms with Gasteiger partial charge in [0.05, 0.1) is 6.10 Å². The van der Waals surface area contributed by atoms with Crippen LogP contribution in [0.3, 0.4) is 0 Å². The van der Waals surface area contributed by atoms with Gasteiger partial charge < -0.3 is 20.5 Å². The molecule has 1 heterocycles. The van der Waals surface area contributed by atoms with E-state index in [9.17, 15) is 9.90 Å². The van der Waals surface area contributed by atoms with Crippen LogP contribution in [0.25, 0.3) is 0 Å². The lowest BCUT2D eigenvalue weighted by atomic mass is 9.78. The van der Waals surface area contributed by atoms with Crippen molar-refractivity contribution in [3.63, 3.8) is 0 Å². The van der Waals surface area contributed by atoms with E-state index in [-0.39, 0.29) is 0 Å². The van der Waals surface area contributed by atoms with Crippen LogP contribution in [0.4, 0.5) is 0 Å². The molecule has 1 aliphatic carbocycles. The second-order valence-electron chi connectivity index (χ2n) is 5.68. The smallest absolute Gasteiger partial charge is 0.323 e. The zero-order chi connectivity index (χ0) is 13.2. The fraction of sp³-hybridized carbons (Fsp3) is 0.923. The van der Waals surface area contributed by atoms with Crippen molar-refractivity contribution in [1.29, 1.82) is 0 Å². The van der Waals surface area contributed by atoms with E-state index in [0.29, 0.717) is 25.0 Å². The number of likely N-dealkylation sites (tertiary alicyclic amines) is 1. The van der Waals surface area contributed by atoms with E-state index in [1.807, 2.05) is 0 Å².